The molecule has 2 nitrogen and oxygen atoms in total. The van der Waals surface area contributed by atoms with Crippen molar-refractivity contribution in [3.8, 4) is 0 Å². The highest BCUT2D eigenvalue weighted by Gasteiger charge is 2.38. The summed E-state index contributed by atoms with van der Waals surface area (Å²) in [6, 6.07) is 36.5. The fourth-order valence-corrected chi connectivity index (χ4v) is 8.98. The molecule has 4 aromatic carbocycles. The molecule has 2 unspecified atom stereocenters. The van der Waals surface area contributed by atoms with E-state index in [1.54, 1.807) is 0 Å². The minimum absolute atomic E-state index is 0.0666. The number of nitrogens with two attached hydrogens (primary N) is 2. The van der Waals surface area contributed by atoms with E-state index in [1.165, 1.54) is 130 Å². The van der Waals surface area contributed by atoms with E-state index >= 15 is 0 Å². The summed E-state index contributed by atoms with van der Waals surface area (Å²) in [6.45, 7) is 6.89. The Balaban J connectivity index is 1.29. The normalized spacial score (nSPS) is 18.9. The van der Waals surface area contributed by atoms with Crippen molar-refractivity contribution in [1.82, 2.24) is 0 Å². The Labute approximate surface area is 305 Å². The predicted octanol–water partition coefficient (Wildman–Crippen LogP) is 13.7. The smallest absolute Gasteiger partial charge is 0.0314 e. The molecule has 4 N–H and O–H groups in total. The van der Waals surface area contributed by atoms with Gasteiger partial charge in [0, 0.05) is 28.6 Å². The second-order valence-electron chi connectivity index (χ2n) is 15.5. The first-order chi connectivity index (χ1) is 24.5. The van der Waals surface area contributed by atoms with Gasteiger partial charge in [-0.1, -0.05) is 164 Å². The third-order valence-corrected chi connectivity index (χ3v) is 12.2. The predicted molar refractivity (Wildman–Crippen MR) is 218 cm³/mol. The maximum absolute atomic E-state index is 6.02. The van der Waals surface area contributed by atoms with Crippen LogP contribution >= 0.6 is 0 Å². The summed E-state index contributed by atoms with van der Waals surface area (Å²) in [6.07, 6.45) is 22.8. The molecule has 0 heterocycles. The molecule has 268 valence electrons. The number of benzene rings is 4. The van der Waals surface area contributed by atoms with E-state index in [2.05, 4.69) is 93.6 Å². The molecule has 0 saturated heterocycles. The second-order valence-corrected chi connectivity index (χ2v) is 15.5. The van der Waals surface area contributed by atoms with E-state index in [0.717, 1.165) is 30.1 Å². The molecule has 0 amide bonds. The van der Waals surface area contributed by atoms with Gasteiger partial charge in [0.15, 0.2) is 0 Å². The van der Waals surface area contributed by atoms with Crippen LogP contribution in [0.25, 0.3) is 0 Å². The first-order valence-electron chi connectivity index (χ1n) is 20.4. The number of rotatable bonds is 19. The van der Waals surface area contributed by atoms with E-state index in [1.807, 2.05) is 24.3 Å². The molecule has 0 bridgehead atoms. The topological polar surface area (TPSA) is 52.0 Å². The molecule has 2 heteroatoms. The van der Waals surface area contributed by atoms with Crippen LogP contribution in [0.15, 0.2) is 97.1 Å². The summed E-state index contributed by atoms with van der Waals surface area (Å²) in [5, 5.41) is 0. The van der Waals surface area contributed by atoms with Gasteiger partial charge >= 0.3 is 0 Å². The van der Waals surface area contributed by atoms with Crippen LogP contribution < -0.4 is 11.5 Å². The van der Waals surface area contributed by atoms with Crippen LogP contribution in [0.5, 0.6) is 0 Å². The fourth-order valence-electron chi connectivity index (χ4n) is 8.98. The van der Waals surface area contributed by atoms with Gasteiger partial charge in [0.05, 0.1) is 0 Å². The van der Waals surface area contributed by atoms with Crippen LogP contribution in [0, 0.1) is 5.92 Å². The molecule has 50 heavy (non-hydrogen) atoms. The number of unbranched alkanes of at least 4 members (excludes halogenated alkanes) is 9. The van der Waals surface area contributed by atoms with Crippen molar-refractivity contribution in [3.63, 3.8) is 0 Å². The molecule has 5 rings (SSSR count). The Hall–Kier alpha value is -3.52. The number of hydrogen-bond acceptors (Lipinski definition) is 2. The van der Waals surface area contributed by atoms with Crippen molar-refractivity contribution < 1.29 is 0 Å². The van der Waals surface area contributed by atoms with E-state index in [9.17, 15) is 0 Å². The molecular weight excluding hydrogens is 605 g/mol. The molecule has 1 aliphatic carbocycles. The summed E-state index contributed by atoms with van der Waals surface area (Å²) in [4.78, 5) is 0. The highest BCUT2D eigenvalue weighted by atomic mass is 14.5. The average molecular weight is 671 g/mol. The number of hydrogen-bond donors (Lipinski definition) is 2. The highest BCUT2D eigenvalue weighted by molar-refractivity contribution is 5.47. The second kappa shape index (κ2) is 19.2. The lowest BCUT2D eigenvalue weighted by Crippen LogP contribution is -2.33. The lowest BCUT2D eigenvalue weighted by molar-refractivity contribution is 0.250. The molecule has 1 fully saturated rings. The zero-order chi connectivity index (χ0) is 35.2. The van der Waals surface area contributed by atoms with Gasteiger partial charge in [0.2, 0.25) is 0 Å². The first-order valence-corrected chi connectivity index (χ1v) is 20.4. The third-order valence-electron chi connectivity index (χ3n) is 12.2. The molecule has 4 aromatic rings. The van der Waals surface area contributed by atoms with Crippen molar-refractivity contribution in [2.24, 2.45) is 5.92 Å². The van der Waals surface area contributed by atoms with Crippen LogP contribution in [-0.4, -0.2) is 0 Å². The molecule has 0 radical (unpaired) electrons. The van der Waals surface area contributed by atoms with Crippen LogP contribution in [0.1, 0.15) is 175 Å². The Morgan fingerprint density at radius 1 is 0.480 bits per heavy atom. The van der Waals surface area contributed by atoms with E-state index in [4.69, 9.17) is 11.5 Å². The van der Waals surface area contributed by atoms with Crippen LogP contribution in [0.2, 0.25) is 0 Å². The molecular formula is C48H66N2. The minimum Gasteiger partial charge on any atom is -0.399 e. The van der Waals surface area contributed by atoms with Crippen molar-refractivity contribution in [1.29, 1.82) is 0 Å². The quantitative estimate of drug-likeness (QED) is 0.0770. The molecule has 0 aromatic heterocycles. The van der Waals surface area contributed by atoms with Crippen LogP contribution in [0.4, 0.5) is 11.4 Å². The summed E-state index contributed by atoms with van der Waals surface area (Å²) in [5.74, 6) is 1.63. The van der Waals surface area contributed by atoms with Crippen molar-refractivity contribution in [2.75, 3.05) is 11.5 Å². The van der Waals surface area contributed by atoms with Crippen molar-refractivity contribution in [2.45, 2.75) is 147 Å². The molecule has 1 aliphatic rings. The average Bonchev–Trinajstić information content (AvgIpc) is 3.15. The highest BCUT2D eigenvalue weighted by Crippen LogP contribution is 2.48. The van der Waals surface area contributed by atoms with E-state index in [-0.39, 0.29) is 5.41 Å². The summed E-state index contributed by atoms with van der Waals surface area (Å²) in [7, 11) is 0. The summed E-state index contributed by atoms with van der Waals surface area (Å²) < 4.78 is 0. The molecule has 2 atom stereocenters. The Morgan fingerprint density at radius 3 is 1.18 bits per heavy atom. The van der Waals surface area contributed by atoms with Crippen LogP contribution in [-0.2, 0) is 5.41 Å². The van der Waals surface area contributed by atoms with Gasteiger partial charge < -0.3 is 11.5 Å². The minimum atomic E-state index is 0.0666. The van der Waals surface area contributed by atoms with Gasteiger partial charge in [-0.25, -0.2) is 0 Å². The maximum atomic E-state index is 6.02. The SMILES string of the molecule is CCCCCCCCCCCCC1CCC(c2ccc(C(CC)c3ccc(N)cc3)cc2)(c2ccc(C(CC)c3ccc(N)cc3)cc2)CC1. The maximum Gasteiger partial charge on any atom is 0.0314 e. The largest absolute Gasteiger partial charge is 0.399 e. The van der Waals surface area contributed by atoms with Gasteiger partial charge in [-0.15, -0.1) is 0 Å². The number of anilines is 2. The fraction of sp³-hybridized carbons (Fsp3) is 0.500. The molecule has 0 spiro atoms. The van der Waals surface area contributed by atoms with Gasteiger partial charge in [-0.05, 0) is 102 Å². The lowest BCUT2D eigenvalue weighted by atomic mass is 9.62. The standard InChI is InChI=1S/C48H66N2/c1-4-7-8-9-10-11-12-13-14-15-16-37-33-35-48(36-34-37,42-25-17-38(18-26-42)46(5-2)40-21-29-44(49)30-22-40)43-27-19-39(20-28-43)47(6-3)41-23-31-45(50)32-24-41/h17-32,37,46-47H,4-16,33-36,49-50H2,1-3H3. The first kappa shape index (κ1) is 37.7. The molecule has 0 aliphatic heterocycles. The zero-order valence-corrected chi connectivity index (χ0v) is 31.6. The molecule has 1 saturated carbocycles. The van der Waals surface area contributed by atoms with Gasteiger partial charge in [0.1, 0.15) is 0 Å². The van der Waals surface area contributed by atoms with E-state index < -0.39 is 0 Å². The lowest BCUT2D eigenvalue weighted by Gasteiger charge is -2.42. The Kier molecular flexibility index (Phi) is 14.5. The number of nitrogen functional groups attached to an aromatic ring is 2. The van der Waals surface area contributed by atoms with Gasteiger partial charge in [-0.3, -0.25) is 0 Å². The zero-order valence-electron chi connectivity index (χ0n) is 31.6. The summed E-state index contributed by atoms with van der Waals surface area (Å²) in [5.41, 5.74) is 22.2. The Bertz CT molecular complexity index is 1410. The third kappa shape index (κ3) is 9.83. The summed E-state index contributed by atoms with van der Waals surface area (Å²) >= 11 is 0. The monoisotopic (exact) mass is 671 g/mol. The van der Waals surface area contributed by atoms with Crippen LogP contribution in [0.3, 0.4) is 0 Å². The Morgan fingerprint density at radius 2 is 0.820 bits per heavy atom. The van der Waals surface area contributed by atoms with Crippen molar-refractivity contribution >= 4 is 11.4 Å². The van der Waals surface area contributed by atoms with Gasteiger partial charge in [0.25, 0.3) is 0 Å². The van der Waals surface area contributed by atoms with Crippen molar-refractivity contribution in [3.05, 3.63) is 130 Å². The van der Waals surface area contributed by atoms with E-state index in [0.29, 0.717) is 11.8 Å². The van der Waals surface area contributed by atoms with Gasteiger partial charge in [-0.2, -0.15) is 0 Å².